The van der Waals surface area contributed by atoms with Crippen LogP contribution in [0.5, 0.6) is 0 Å². The molecule has 5 atom stereocenters. The van der Waals surface area contributed by atoms with Crippen LogP contribution in [-0.4, -0.2) is 23.8 Å². The average molecular weight is 211 g/mol. The van der Waals surface area contributed by atoms with Crippen molar-refractivity contribution in [3.63, 3.8) is 0 Å². The quantitative estimate of drug-likeness (QED) is 0.730. The van der Waals surface area contributed by atoms with Gasteiger partial charge < -0.3 is 10.4 Å². The Morgan fingerprint density at radius 2 is 2.13 bits per heavy atom. The van der Waals surface area contributed by atoms with Gasteiger partial charge in [0.2, 0.25) is 0 Å². The van der Waals surface area contributed by atoms with Gasteiger partial charge in [0, 0.05) is 12.1 Å². The van der Waals surface area contributed by atoms with E-state index in [4.69, 9.17) is 0 Å². The van der Waals surface area contributed by atoms with Crippen LogP contribution in [0, 0.1) is 17.8 Å². The van der Waals surface area contributed by atoms with Crippen LogP contribution in [-0.2, 0) is 0 Å². The zero-order chi connectivity index (χ0) is 10.8. The Kier molecular flexibility index (Phi) is 3.68. The van der Waals surface area contributed by atoms with Gasteiger partial charge in [-0.1, -0.05) is 26.7 Å². The topological polar surface area (TPSA) is 32.3 Å². The molecule has 2 aliphatic carbocycles. The van der Waals surface area contributed by atoms with Crippen molar-refractivity contribution in [2.75, 3.05) is 6.61 Å². The maximum absolute atomic E-state index is 9.40. The molecule has 0 spiro atoms. The molecule has 0 heterocycles. The first kappa shape index (κ1) is 11.4. The summed E-state index contributed by atoms with van der Waals surface area (Å²) in [6.45, 7) is 4.74. The third-order valence-corrected chi connectivity index (χ3v) is 4.69. The zero-order valence-electron chi connectivity index (χ0n) is 10.1. The summed E-state index contributed by atoms with van der Waals surface area (Å²) < 4.78 is 0. The Balaban J connectivity index is 1.84. The summed E-state index contributed by atoms with van der Waals surface area (Å²) >= 11 is 0. The Labute approximate surface area is 93.5 Å². The lowest BCUT2D eigenvalue weighted by molar-refractivity contribution is 0.175. The van der Waals surface area contributed by atoms with E-state index in [0.29, 0.717) is 24.6 Å². The van der Waals surface area contributed by atoms with E-state index in [-0.39, 0.29) is 0 Å². The number of fused-ring (bicyclic) bond motifs is 2. The van der Waals surface area contributed by atoms with Gasteiger partial charge in [0.1, 0.15) is 0 Å². The van der Waals surface area contributed by atoms with Crippen molar-refractivity contribution in [1.82, 2.24) is 5.32 Å². The number of aliphatic hydroxyl groups excluding tert-OH is 1. The van der Waals surface area contributed by atoms with E-state index in [2.05, 4.69) is 19.2 Å². The minimum Gasteiger partial charge on any atom is -0.395 e. The Hall–Kier alpha value is -0.0800. The summed E-state index contributed by atoms with van der Waals surface area (Å²) in [5, 5.41) is 13.1. The first-order valence-electron chi connectivity index (χ1n) is 6.61. The molecule has 0 aromatic rings. The van der Waals surface area contributed by atoms with Gasteiger partial charge in [-0.25, -0.2) is 0 Å². The van der Waals surface area contributed by atoms with Gasteiger partial charge in [-0.15, -0.1) is 0 Å². The van der Waals surface area contributed by atoms with Crippen LogP contribution in [0.25, 0.3) is 0 Å². The lowest BCUT2D eigenvalue weighted by Crippen LogP contribution is -2.46. The molecule has 2 bridgehead atoms. The van der Waals surface area contributed by atoms with Gasteiger partial charge in [0.15, 0.2) is 0 Å². The molecule has 2 fully saturated rings. The number of aliphatic hydroxyl groups is 1. The predicted molar refractivity (Wildman–Crippen MR) is 62.7 cm³/mol. The highest BCUT2D eigenvalue weighted by Crippen LogP contribution is 2.44. The minimum atomic E-state index is 0.295. The van der Waals surface area contributed by atoms with Crippen molar-refractivity contribution in [2.24, 2.45) is 17.8 Å². The molecular formula is C13H25NO. The summed E-state index contributed by atoms with van der Waals surface area (Å²) in [4.78, 5) is 0. The van der Waals surface area contributed by atoms with E-state index in [1.54, 1.807) is 0 Å². The third kappa shape index (κ3) is 2.36. The van der Waals surface area contributed by atoms with Gasteiger partial charge in [0.25, 0.3) is 0 Å². The first-order chi connectivity index (χ1) is 7.24. The third-order valence-electron chi connectivity index (χ3n) is 4.69. The van der Waals surface area contributed by atoms with Gasteiger partial charge >= 0.3 is 0 Å². The van der Waals surface area contributed by atoms with E-state index < -0.39 is 0 Å². The molecule has 2 nitrogen and oxygen atoms in total. The summed E-state index contributed by atoms with van der Waals surface area (Å²) in [5.74, 6) is 2.49. The molecule has 0 amide bonds. The van der Waals surface area contributed by atoms with Crippen LogP contribution in [0.4, 0.5) is 0 Å². The molecule has 0 aromatic carbocycles. The number of hydrogen-bond donors (Lipinski definition) is 2. The molecule has 0 radical (unpaired) electrons. The number of hydrogen-bond acceptors (Lipinski definition) is 2. The van der Waals surface area contributed by atoms with Crippen LogP contribution >= 0.6 is 0 Å². The summed E-state index contributed by atoms with van der Waals surface area (Å²) in [6.07, 6.45) is 6.82. The smallest absolute Gasteiger partial charge is 0.0587 e. The molecule has 2 N–H and O–H groups in total. The Morgan fingerprint density at radius 3 is 2.60 bits per heavy atom. The summed E-state index contributed by atoms with van der Waals surface area (Å²) in [7, 11) is 0. The molecule has 88 valence electrons. The van der Waals surface area contributed by atoms with Crippen LogP contribution in [0.15, 0.2) is 0 Å². The number of nitrogens with one attached hydrogen (secondary N) is 1. The van der Waals surface area contributed by atoms with E-state index >= 15 is 0 Å². The van der Waals surface area contributed by atoms with Crippen LogP contribution in [0.3, 0.4) is 0 Å². The molecule has 0 aromatic heterocycles. The molecule has 5 unspecified atom stereocenters. The maximum Gasteiger partial charge on any atom is 0.0587 e. The molecule has 0 aliphatic heterocycles. The predicted octanol–water partition coefficient (Wildman–Crippen LogP) is 2.17. The average Bonchev–Trinajstić information content (AvgIpc) is 2.86. The van der Waals surface area contributed by atoms with E-state index in [9.17, 15) is 5.11 Å². The molecule has 2 heteroatoms. The van der Waals surface area contributed by atoms with Crippen molar-refractivity contribution in [3.05, 3.63) is 0 Å². The lowest BCUT2D eigenvalue weighted by atomic mass is 9.92. The highest BCUT2D eigenvalue weighted by Gasteiger charge is 2.40. The fourth-order valence-electron chi connectivity index (χ4n) is 3.41. The Morgan fingerprint density at radius 1 is 1.33 bits per heavy atom. The molecule has 0 saturated heterocycles. The van der Waals surface area contributed by atoms with Crippen molar-refractivity contribution in [1.29, 1.82) is 0 Å². The van der Waals surface area contributed by atoms with Gasteiger partial charge in [-0.2, -0.15) is 0 Å². The van der Waals surface area contributed by atoms with Crippen LogP contribution in [0.2, 0.25) is 0 Å². The van der Waals surface area contributed by atoms with E-state index in [1.807, 2.05) is 0 Å². The van der Waals surface area contributed by atoms with Gasteiger partial charge in [0.05, 0.1) is 6.61 Å². The van der Waals surface area contributed by atoms with Crippen molar-refractivity contribution < 1.29 is 5.11 Å². The standard InChI is InChI=1S/C13H25NO/c1-3-9(2)13(8-15)14-12-7-10-4-5-11(12)6-10/h9-15H,3-8H2,1-2H3. The molecular weight excluding hydrogens is 186 g/mol. The fraction of sp³-hybridized carbons (Fsp3) is 1.00. The fourth-order valence-corrected chi connectivity index (χ4v) is 3.41. The molecule has 2 rings (SSSR count). The van der Waals surface area contributed by atoms with Crippen LogP contribution < -0.4 is 5.32 Å². The minimum absolute atomic E-state index is 0.295. The second-order valence-corrected chi connectivity index (χ2v) is 5.62. The van der Waals surface area contributed by atoms with Crippen molar-refractivity contribution >= 4 is 0 Å². The monoisotopic (exact) mass is 211 g/mol. The normalized spacial score (nSPS) is 38.2. The second kappa shape index (κ2) is 4.84. The van der Waals surface area contributed by atoms with Gasteiger partial charge in [-0.05, 0) is 37.0 Å². The molecule has 15 heavy (non-hydrogen) atoms. The SMILES string of the molecule is CCC(C)C(CO)NC1CC2CCC1C2. The summed E-state index contributed by atoms with van der Waals surface area (Å²) in [6, 6.07) is 1.02. The highest BCUT2D eigenvalue weighted by molar-refractivity contribution is 4.95. The highest BCUT2D eigenvalue weighted by atomic mass is 16.3. The molecule has 2 saturated carbocycles. The molecule has 2 aliphatic rings. The Bertz CT molecular complexity index is 207. The first-order valence-corrected chi connectivity index (χ1v) is 6.61. The van der Waals surface area contributed by atoms with E-state index in [1.165, 1.54) is 25.7 Å². The van der Waals surface area contributed by atoms with Crippen LogP contribution in [0.1, 0.15) is 46.0 Å². The lowest BCUT2D eigenvalue weighted by Gasteiger charge is -2.30. The van der Waals surface area contributed by atoms with Crippen molar-refractivity contribution in [2.45, 2.75) is 58.0 Å². The second-order valence-electron chi connectivity index (χ2n) is 5.62. The number of rotatable bonds is 5. The van der Waals surface area contributed by atoms with Gasteiger partial charge in [-0.3, -0.25) is 0 Å². The maximum atomic E-state index is 9.40. The van der Waals surface area contributed by atoms with Crippen molar-refractivity contribution in [3.8, 4) is 0 Å². The summed E-state index contributed by atoms with van der Waals surface area (Å²) in [5.41, 5.74) is 0. The largest absolute Gasteiger partial charge is 0.395 e. The zero-order valence-corrected chi connectivity index (χ0v) is 10.1. The van der Waals surface area contributed by atoms with E-state index in [0.717, 1.165) is 18.3 Å².